The van der Waals surface area contributed by atoms with Crippen molar-refractivity contribution >= 4 is 5.69 Å². The summed E-state index contributed by atoms with van der Waals surface area (Å²) in [5.74, 6) is 0.182. The third kappa shape index (κ3) is 2.70. The summed E-state index contributed by atoms with van der Waals surface area (Å²) >= 11 is 0. The number of nitro groups is 1. The molecule has 0 atom stereocenters. The highest BCUT2D eigenvalue weighted by molar-refractivity contribution is 5.59. The van der Waals surface area contributed by atoms with Crippen molar-refractivity contribution in [1.82, 2.24) is 14.8 Å². The molecule has 1 aliphatic carbocycles. The van der Waals surface area contributed by atoms with Crippen LogP contribution in [0.5, 0.6) is 0 Å². The summed E-state index contributed by atoms with van der Waals surface area (Å²) in [6, 6.07) is 4.15. The molecule has 1 aliphatic rings. The normalized spacial score (nSPS) is 13.9. The lowest BCUT2D eigenvalue weighted by Crippen LogP contribution is -2.12. The first-order chi connectivity index (χ1) is 11.7. The zero-order chi connectivity index (χ0) is 17.1. The van der Waals surface area contributed by atoms with Gasteiger partial charge in [0.2, 0.25) is 0 Å². The van der Waals surface area contributed by atoms with Crippen LogP contribution in [0.15, 0.2) is 12.4 Å². The molecule has 8 nitrogen and oxygen atoms in total. The van der Waals surface area contributed by atoms with Crippen molar-refractivity contribution in [2.45, 2.75) is 38.5 Å². The number of rotatable bonds is 2. The minimum absolute atomic E-state index is 0.120. The Hall–Kier alpha value is -3.26. The standard InChI is InChI=1S/C16H14N6O2/c17-7-13-12-5-3-1-2-4-6-15(12)20-16(14(13)8-18)21-10-11(9-19-21)22(23)24/h9-10H,1-6H2. The maximum atomic E-state index is 10.9. The van der Waals surface area contributed by atoms with Gasteiger partial charge in [-0.15, -0.1) is 0 Å². The van der Waals surface area contributed by atoms with Crippen LogP contribution in [0.3, 0.4) is 0 Å². The number of nitrogens with zero attached hydrogens (tertiary/aromatic N) is 6. The Balaban J connectivity index is 2.22. The van der Waals surface area contributed by atoms with Gasteiger partial charge in [0.25, 0.3) is 0 Å². The highest BCUT2D eigenvalue weighted by Crippen LogP contribution is 2.27. The molecule has 0 N–H and O–H groups in total. The first kappa shape index (κ1) is 15.6. The van der Waals surface area contributed by atoms with Crippen molar-refractivity contribution in [2.24, 2.45) is 0 Å². The van der Waals surface area contributed by atoms with Crippen molar-refractivity contribution in [3.63, 3.8) is 0 Å². The Morgan fingerprint density at radius 3 is 2.46 bits per heavy atom. The molecule has 24 heavy (non-hydrogen) atoms. The minimum atomic E-state index is -0.561. The summed E-state index contributed by atoms with van der Waals surface area (Å²) in [6.07, 6.45) is 7.89. The lowest BCUT2D eigenvalue weighted by molar-refractivity contribution is -0.384. The van der Waals surface area contributed by atoms with E-state index >= 15 is 0 Å². The molecule has 0 aliphatic heterocycles. The third-order valence-electron chi connectivity index (χ3n) is 4.18. The molecule has 3 rings (SSSR count). The van der Waals surface area contributed by atoms with Crippen LogP contribution in [0.4, 0.5) is 5.69 Å². The summed E-state index contributed by atoms with van der Waals surface area (Å²) in [5.41, 5.74) is 1.87. The van der Waals surface area contributed by atoms with Crippen LogP contribution in [0, 0.1) is 32.8 Å². The largest absolute Gasteiger partial charge is 0.307 e. The molecule has 0 saturated heterocycles. The van der Waals surface area contributed by atoms with Gasteiger partial charge in [-0.2, -0.15) is 15.6 Å². The average Bonchev–Trinajstić information content (AvgIpc) is 3.04. The molecule has 0 aromatic carbocycles. The lowest BCUT2D eigenvalue weighted by atomic mass is 9.92. The third-order valence-corrected chi connectivity index (χ3v) is 4.18. The highest BCUT2D eigenvalue weighted by atomic mass is 16.6. The maximum absolute atomic E-state index is 10.9. The van der Waals surface area contributed by atoms with Gasteiger partial charge in [0.05, 0.1) is 10.5 Å². The zero-order valence-electron chi connectivity index (χ0n) is 12.9. The Morgan fingerprint density at radius 1 is 1.12 bits per heavy atom. The SMILES string of the molecule is N#Cc1c(-n2cc([N+](=O)[O-])cn2)nc2c(c1C#N)CCCCCC2. The van der Waals surface area contributed by atoms with E-state index in [1.807, 2.05) is 6.07 Å². The number of hydrogen-bond acceptors (Lipinski definition) is 6. The van der Waals surface area contributed by atoms with Crippen LogP contribution in [0.1, 0.15) is 48.1 Å². The van der Waals surface area contributed by atoms with Gasteiger partial charge >= 0.3 is 5.69 Å². The molecule has 0 bridgehead atoms. The average molecular weight is 322 g/mol. The first-order valence-corrected chi connectivity index (χ1v) is 7.71. The number of fused-ring (bicyclic) bond motifs is 1. The smallest absolute Gasteiger partial charge is 0.258 e. The van der Waals surface area contributed by atoms with Crippen LogP contribution in [0.2, 0.25) is 0 Å². The number of aromatic nitrogens is 3. The predicted molar refractivity (Wildman–Crippen MR) is 83.3 cm³/mol. The van der Waals surface area contributed by atoms with Crippen LogP contribution < -0.4 is 0 Å². The second-order valence-electron chi connectivity index (χ2n) is 5.65. The monoisotopic (exact) mass is 322 g/mol. The van der Waals surface area contributed by atoms with Crippen molar-refractivity contribution < 1.29 is 4.92 Å². The van der Waals surface area contributed by atoms with Crippen LogP contribution in [0.25, 0.3) is 5.82 Å². The van der Waals surface area contributed by atoms with E-state index in [4.69, 9.17) is 0 Å². The molecule has 2 heterocycles. The molecule has 8 heteroatoms. The summed E-state index contributed by atoms with van der Waals surface area (Å²) in [6.45, 7) is 0. The molecule has 120 valence electrons. The predicted octanol–water partition coefficient (Wildman–Crippen LogP) is 2.58. The molecule has 2 aromatic heterocycles. The molecular weight excluding hydrogens is 308 g/mol. The van der Waals surface area contributed by atoms with Gasteiger partial charge in [-0.25, -0.2) is 9.67 Å². The summed E-state index contributed by atoms with van der Waals surface area (Å²) in [7, 11) is 0. The van der Waals surface area contributed by atoms with Gasteiger partial charge in [-0.3, -0.25) is 10.1 Å². The topological polar surface area (TPSA) is 121 Å². The van der Waals surface area contributed by atoms with E-state index in [2.05, 4.69) is 16.2 Å². The molecule has 0 unspecified atom stereocenters. The van der Waals surface area contributed by atoms with Gasteiger partial charge in [-0.1, -0.05) is 12.8 Å². The van der Waals surface area contributed by atoms with Crippen molar-refractivity contribution in [3.05, 3.63) is 44.9 Å². The number of nitriles is 2. The molecule has 0 spiro atoms. The Kier molecular flexibility index (Phi) is 4.21. The maximum Gasteiger partial charge on any atom is 0.307 e. The summed E-state index contributed by atoms with van der Waals surface area (Å²) < 4.78 is 1.20. The van der Waals surface area contributed by atoms with Crippen molar-refractivity contribution in [1.29, 1.82) is 10.5 Å². The lowest BCUT2D eigenvalue weighted by Gasteiger charge is -2.17. The molecule has 0 amide bonds. The fourth-order valence-electron chi connectivity index (χ4n) is 3.00. The zero-order valence-corrected chi connectivity index (χ0v) is 12.9. The van der Waals surface area contributed by atoms with Gasteiger partial charge in [-0.05, 0) is 31.2 Å². The van der Waals surface area contributed by atoms with Crippen molar-refractivity contribution in [3.8, 4) is 18.0 Å². The first-order valence-electron chi connectivity index (χ1n) is 7.71. The fourth-order valence-corrected chi connectivity index (χ4v) is 3.00. The van der Waals surface area contributed by atoms with Crippen LogP contribution in [-0.2, 0) is 12.8 Å². The fraction of sp³-hybridized carbons (Fsp3) is 0.375. The Morgan fingerprint density at radius 2 is 1.83 bits per heavy atom. The number of pyridine rings is 1. The summed E-state index contributed by atoms with van der Waals surface area (Å²) in [4.78, 5) is 14.8. The van der Waals surface area contributed by atoms with E-state index < -0.39 is 4.92 Å². The van der Waals surface area contributed by atoms with E-state index in [0.717, 1.165) is 56.0 Å². The molecule has 0 radical (unpaired) electrons. The van der Waals surface area contributed by atoms with Crippen LogP contribution >= 0.6 is 0 Å². The quantitative estimate of drug-likeness (QED) is 0.618. The van der Waals surface area contributed by atoms with E-state index in [9.17, 15) is 20.6 Å². The van der Waals surface area contributed by atoms with E-state index in [0.29, 0.717) is 5.56 Å². The number of hydrogen-bond donors (Lipinski definition) is 0. The molecule has 0 saturated carbocycles. The second-order valence-corrected chi connectivity index (χ2v) is 5.65. The van der Waals surface area contributed by atoms with E-state index in [-0.39, 0.29) is 17.1 Å². The Labute approximate surface area is 138 Å². The van der Waals surface area contributed by atoms with Gasteiger partial charge in [0.1, 0.15) is 30.1 Å². The Bertz CT molecular complexity index is 887. The molecule has 0 fully saturated rings. The van der Waals surface area contributed by atoms with Gasteiger partial charge < -0.3 is 0 Å². The van der Waals surface area contributed by atoms with E-state index in [1.54, 1.807) is 0 Å². The number of aryl methyl sites for hydroxylation is 1. The molecular formula is C16H14N6O2. The molecule has 2 aromatic rings. The summed E-state index contributed by atoms with van der Waals surface area (Å²) in [5, 5.41) is 33.9. The van der Waals surface area contributed by atoms with Gasteiger partial charge in [0.15, 0.2) is 5.82 Å². The van der Waals surface area contributed by atoms with Crippen molar-refractivity contribution in [2.75, 3.05) is 0 Å². The van der Waals surface area contributed by atoms with E-state index in [1.165, 1.54) is 10.9 Å². The minimum Gasteiger partial charge on any atom is -0.258 e. The second kappa shape index (κ2) is 6.47. The van der Waals surface area contributed by atoms with Crippen LogP contribution in [-0.4, -0.2) is 19.7 Å². The van der Waals surface area contributed by atoms with Gasteiger partial charge in [0, 0.05) is 5.69 Å². The highest BCUT2D eigenvalue weighted by Gasteiger charge is 2.23.